The van der Waals surface area contributed by atoms with Crippen LogP contribution in [0.5, 0.6) is 0 Å². The lowest BCUT2D eigenvalue weighted by atomic mass is 9.93. The number of amides is 1. The summed E-state index contributed by atoms with van der Waals surface area (Å²) in [5, 5.41) is 14.0. The quantitative estimate of drug-likeness (QED) is 0.510. The maximum atomic E-state index is 13.6. The minimum atomic E-state index is -0.726. The Kier molecular flexibility index (Phi) is 5.16. The fourth-order valence-corrected chi connectivity index (χ4v) is 7.74. The van der Waals surface area contributed by atoms with Crippen molar-refractivity contribution in [3.05, 3.63) is 62.5 Å². The number of halogens is 2. The molecule has 9 heteroatoms. The average molecular weight is 524 g/mol. The minimum absolute atomic E-state index is 0.0810. The summed E-state index contributed by atoms with van der Waals surface area (Å²) in [6, 6.07) is 7.95. The summed E-state index contributed by atoms with van der Waals surface area (Å²) in [6.07, 6.45) is 5.02. The molecule has 4 aliphatic rings. The Balaban J connectivity index is 1.29. The summed E-state index contributed by atoms with van der Waals surface area (Å²) in [5.41, 5.74) is 3.71. The van der Waals surface area contributed by atoms with Crippen LogP contribution in [0, 0.1) is 12.8 Å². The highest BCUT2D eigenvalue weighted by Crippen LogP contribution is 2.54. The van der Waals surface area contributed by atoms with Crippen LogP contribution >= 0.6 is 22.9 Å². The molecule has 1 atom stereocenters. The van der Waals surface area contributed by atoms with E-state index in [1.807, 2.05) is 31.2 Å². The van der Waals surface area contributed by atoms with Crippen LogP contribution in [0.25, 0.3) is 5.00 Å². The van der Waals surface area contributed by atoms with Crippen LogP contribution < -0.4 is 5.32 Å². The normalized spacial score (nSPS) is 25.5. The second-order valence-electron chi connectivity index (χ2n) is 10.6. The molecular formula is C27H27ClFN5OS. The van der Waals surface area contributed by atoms with Crippen molar-refractivity contribution in [2.75, 3.05) is 0 Å². The summed E-state index contributed by atoms with van der Waals surface area (Å²) >= 11 is 8.45. The van der Waals surface area contributed by atoms with Gasteiger partial charge >= 0.3 is 0 Å². The molecule has 1 spiro atoms. The Bertz CT molecular complexity index is 1420. The number of hydrogen-bond donors (Lipinski definition) is 1. The standard InChI is InChI=1S/C27H27ClFN5OS/c1-14-32-33-26-27(10-11-27)31-23(18-4-2-3-5-20(18)28)22-19-12-15(13-21(19)36-25(22)34(14)26)24(35)30-17-8-6-16(29)7-9-17/h2-5,15-17H,6-13H2,1H3,(H,30,35)/t15-,16?,17?/m0/s1. The molecular weight excluding hydrogens is 497 g/mol. The summed E-state index contributed by atoms with van der Waals surface area (Å²) < 4.78 is 15.7. The van der Waals surface area contributed by atoms with Crippen LogP contribution in [0.4, 0.5) is 4.39 Å². The SMILES string of the molecule is Cc1nnc2n1-c1sc3c(c1C(c1ccccc1Cl)=NC21CC1)C[C@H](C(=O)NC1CCC(F)CC1)C3. The first-order valence-corrected chi connectivity index (χ1v) is 14.0. The van der Waals surface area contributed by atoms with Crippen LogP contribution in [-0.4, -0.2) is 38.6 Å². The number of aryl methyl sites for hydroxylation is 1. The maximum absolute atomic E-state index is 13.6. The van der Waals surface area contributed by atoms with Gasteiger partial charge < -0.3 is 5.32 Å². The molecule has 1 N–H and O–H groups in total. The highest BCUT2D eigenvalue weighted by Gasteiger charge is 2.52. The van der Waals surface area contributed by atoms with Crippen molar-refractivity contribution in [3.63, 3.8) is 0 Å². The van der Waals surface area contributed by atoms with E-state index in [-0.39, 0.29) is 23.4 Å². The molecule has 3 heterocycles. The van der Waals surface area contributed by atoms with Crippen LogP contribution in [-0.2, 0) is 23.2 Å². The number of fused-ring (bicyclic) bond motifs is 6. The van der Waals surface area contributed by atoms with Crippen LogP contribution in [0.15, 0.2) is 29.3 Å². The van der Waals surface area contributed by atoms with Crippen molar-refractivity contribution < 1.29 is 9.18 Å². The van der Waals surface area contributed by atoms with Gasteiger partial charge in [0.1, 0.15) is 22.5 Å². The molecule has 6 nitrogen and oxygen atoms in total. The van der Waals surface area contributed by atoms with Gasteiger partial charge in [0.2, 0.25) is 5.91 Å². The van der Waals surface area contributed by atoms with Crippen molar-refractivity contribution >= 4 is 34.6 Å². The first-order chi connectivity index (χ1) is 17.4. The molecule has 36 heavy (non-hydrogen) atoms. The van der Waals surface area contributed by atoms with E-state index >= 15 is 0 Å². The molecule has 1 amide bonds. The highest BCUT2D eigenvalue weighted by atomic mass is 35.5. The van der Waals surface area contributed by atoms with E-state index in [1.165, 1.54) is 10.4 Å². The first-order valence-electron chi connectivity index (χ1n) is 12.8. The van der Waals surface area contributed by atoms with Gasteiger partial charge in [0.15, 0.2) is 5.82 Å². The smallest absolute Gasteiger partial charge is 0.224 e. The van der Waals surface area contributed by atoms with E-state index in [1.54, 1.807) is 11.3 Å². The lowest BCUT2D eigenvalue weighted by Gasteiger charge is -2.26. The number of carbonyl (C=O) groups excluding carboxylic acids is 1. The molecule has 3 aromatic rings. The van der Waals surface area contributed by atoms with E-state index in [2.05, 4.69) is 20.1 Å². The third-order valence-electron chi connectivity index (χ3n) is 8.19. The maximum Gasteiger partial charge on any atom is 0.224 e. The Labute approximate surface area is 218 Å². The summed E-state index contributed by atoms with van der Waals surface area (Å²) in [6.45, 7) is 1.99. The number of thiophene rings is 1. The highest BCUT2D eigenvalue weighted by molar-refractivity contribution is 7.15. The molecule has 2 aromatic heterocycles. The number of nitrogens with zero attached hydrogens (tertiary/aromatic N) is 4. The molecule has 0 bridgehead atoms. The number of rotatable bonds is 3. The first kappa shape index (κ1) is 22.6. The lowest BCUT2D eigenvalue weighted by Crippen LogP contribution is -2.41. The minimum Gasteiger partial charge on any atom is -0.353 e. The van der Waals surface area contributed by atoms with Crippen molar-refractivity contribution in [2.45, 2.75) is 76.0 Å². The van der Waals surface area contributed by atoms with Gasteiger partial charge in [0.25, 0.3) is 0 Å². The number of hydrogen-bond acceptors (Lipinski definition) is 5. The third-order valence-corrected chi connectivity index (χ3v) is 9.76. The van der Waals surface area contributed by atoms with Gasteiger partial charge in [0, 0.05) is 33.0 Å². The molecule has 0 radical (unpaired) electrons. The summed E-state index contributed by atoms with van der Waals surface area (Å²) in [7, 11) is 0. The summed E-state index contributed by atoms with van der Waals surface area (Å²) in [4.78, 5) is 19.8. The Morgan fingerprint density at radius 2 is 1.94 bits per heavy atom. The van der Waals surface area contributed by atoms with Crippen LogP contribution in [0.1, 0.15) is 71.7 Å². The number of aromatic nitrogens is 3. The van der Waals surface area contributed by atoms with Crippen LogP contribution in [0.3, 0.4) is 0 Å². The number of benzene rings is 1. The average Bonchev–Trinajstić information content (AvgIpc) is 3.20. The fraction of sp³-hybridized carbons (Fsp3) is 0.481. The molecule has 7 rings (SSSR count). The number of carbonyl (C=O) groups is 1. The van der Waals surface area contributed by atoms with E-state index in [9.17, 15) is 9.18 Å². The monoisotopic (exact) mass is 523 g/mol. The zero-order valence-electron chi connectivity index (χ0n) is 20.1. The van der Waals surface area contributed by atoms with Gasteiger partial charge in [-0.1, -0.05) is 29.8 Å². The molecule has 1 aromatic carbocycles. The van der Waals surface area contributed by atoms with E-state index in [0.29, 0.717) is 30.7 Å². The molecule has 3 aliphatic carbocycles. The van der Waals surface area contributed by atoms with Gasteiger partial charge in [-0.2, -0.15) is 0 Å². The van der Waals surface area contributed by atoms with Crippen molar-refractivity contribution in [3.8, 4) is 5.00 Å². The third kappa shape index (κ3) is 3.48. The molecule has 1 aliphatic heterocycles. The van der Waals surface area contributed by atoms with Crippen molar-refractivity contribution in [1.29, 1.82) is 0 Å². The predicted molar refractivity (Wildman–Crippen MR) is 138 cm³/mol. The van der Waals surface area contributed by atoms with Crippen LogP contribution in [0.2, 0.25) is 5.02 Å². The number of alkyl halides is 1. The second-order valence-corrected chi connectivity index (χ2v) is 12.1. The van der Waals surface area contributed by atoms with Gasteiger partial charge in [-0.3, -0.25) is 14.4 Å². The van der Waals surface area contributed by atoms with E-state index in [0.717, 1.165) is 59.2 Å². The zero-order chi connectivity index (χ0) is 24.6. The Hall–Kier alpha value is -2.58. The lowest BCUT2D eigenvalue weighted by molar-refractivity contribution is -0.125. The number of aliphatic imine (C=N–C) groups is 1. The molecule has 2 fully saturated rings. The topological polar surface area (TPSA) is 72.2 Å². The zero-order valence-corrected chi connectivity index (χ0v) is 21.6. The Morgan fingerprint density at radius 3 is 2.69 bits per heavy atom. The number of nitrogens with one attached hydrogen (secondary N) is 1. The predicted octanol–water partition coefficient (Wildman–Crippen LogP) is 5.24. The van der Waals surface area contributed by atoms with Gasteiger partial charge in [-0.25, -0.2) is 4.39 Å². The molecule has 2 saturated carbocycles. The molecule has 0 unspecified atom stereocenters. The molecule has 0 saturated heterocycles. The molecule has 186 valence electrons. The largest absolute Gasteiger partial charge is 0.353 e. The van der Waals surface area contributed by atoms with Crippen molar-refractivity contribution in [2.24, 2.45) is 10.9 Å². The van der Waals surface area contributed by atoms with Gasteiger partial charge in [-0.15, -0.1) is 21.5 Å². The van der Waals surface area contributed by atoms with Crippen molar-refractivity contribution in [1.82, 2.24) is 20.1 Å². The van der Waals surface area contributed by atoms with E-state index < -0.39 is 6.17 Å². The van der Waals surface area contributed by atoms with Gasteiger partial charge in [0.05, 0.1) is 5.71 Å². The Morgan fingerprint density at radius 1 is 1.17 bits per heavy atom. The van der Waals surface area contributed by atoms with Gasteiger partial charge in [-0.05, 0) is 69.9 Å². The second kappa shape index (κ2) is 8.21. The summed E-state index contributed by atoms with van der Waals surface area (Å²) in [5.74, 6) is 1.72. The van der Waals surface area contributed by atoms with E-state index in [4.69, 9.17) is 16.6 Å². The fourth-order valence-electron chi connectivity index (χ4n) is 6.05.